The predicted octanol–water partition coefficient (Wildman–Crippen LogP) is 4.73. The summed E-state index contributed by atoms with van der Waals surface area (Å²) in [6.45, 7) is 2.28. The number of amides is 1. The summed E-state index contributed by atoms with van der Waals surface area (Å²) in [5.74, 6) is 1.28. The van der Waals surface area contributed by atoms with Crippen molar-refractivity contribution in [3.63, 3.8) is 0 Å². The van der Waals surface area contributed by atoms with Crippen LogP contribution in [-0.2, 0) is 11.4 Å². The molecule has 0 saturated carbocycles. The lowest BCUT2D eigenvalue weighted by Crippen LogP contribution is -2.14. The Morgan fingerprint density at radius 3 is 2.59 bits per heavy atom. The number of aryl methyl sites for hydroxylation is 1. The van der Waals surface area contributed by atoms with E-state index in [-0.39, 0.29) is 18.3 Å². The number of ether oxygens (including phenoxy) is 1. The van der Waals surface area contributed by atoms with E-state index < -0.39 is 0 Å². The van der Waals surface area contributed by atoms with Crippen LogP contribution in [0, 0.1) is 6.92 Å². The number of H-pyrrole nitrogens is 1. The van der Waals surface area contributed by atoms with Gasteiger partial charge in [-0.25, -0.2) is 4.98 Å². The molecule has 1 amide bonds. The zero-order chi connectivity index (χ0) is 19.2. The van der Waals surface area contributed by atoms with E-state index in [2.05, 4.69) is 20.5 Å². The van der Waals surface area contributed by atoms with Crippen molar-refractivity contribution in [2.75, 3.05) is 11.1 Å². The lowest BCUT2D eigenvalue weighted by Gasteiger charge is -2.05. The van der Waals surface area contributed by atoms with Crippen molar-refractivity contribution in [2.24, 2.45) is 0 Å². The van der Waals surface area contributed by atoms with E-state index >= 15 is 0 Å². The van der Waals surface area contributed by atoms with E-state index in [4.69, 9.17) is 27.9 Å². The fourth-order valence-electron chi connectivity index (χ4n) is 2.15. The molecule has 9 heteroatoms. The molecule has 0 fully saturated rings. The highest BCUT2D eigenvalue weighted by Crippen LogP contribution is 2.23. The van der Waals surface area contributed by atoms with Gasteiger partial charge in [0.1, 0.15) is 12.4 Å². The van der Waals surface area contributed by atoms with Gasteiger partial charge in [-0.3, -0.25) is 9.89 Å². The maximum absolute atomic E-state index is 12.0. The molecule has 27 heavy (non-hydrogen) atoms. The van der Waals surface area contributed by atoms with Crippen molar-refractivity contribution >= 4 is 46.6 Å². The summed E-state index contributed by atoms with van der Waals surface area (Å²) in [6, 6.07) is 12.6. The molecule has 140 valence electrons. The zero-order valence-corrected chi connectivity index (χ0v) is 16.7. The van der Waals surface area contributed by atoms with E-state index in [1.165, 1.54) is 17.3 Å². The predicted molar refractivity (Wildman–Crippen MR) is 108 cm³/mol. The fourth-order valence-corrected chi connectivity index (χ4v) is 3.29. The molecule has 0 radical (unpaired) electrons. The van der Waals surface area contributed by atoms with Gasteiger partial charge in [-0.15, -0.1) is 5.10 Å². The third-order valence-electron chi connectivity index (χ3n) is 3.39. The number of anilines is 1. The number of hydrogen-bond donors (Lipinski definition) is 2. The van der Waals surface area contributed by atoms with Crippen molar-refractivity contribution in [2.45, 2.75) is 18.7 Å². The van der Waals surface area contributed by atoms with Gasteiger partial charge in [0.15, 0.2) is 5.82 Å². The molecule has 0 atom stereocenters. The summed E-state index contributed by atoms with van der Waals surface area (Å²) in [5, 5.41) is 11.0. The second kappa shape index (κ2) is 9.12. The van der Waals surface area contributed by atoms with Crippen LogP contribution in [0.15, 0.2) is 47.6 Å². The number of hydrogen-bond acceptors (Lipinski definition) is 5. The molecule has 1 heterocycles. The zero-order valence-electron chi connectivity index (χ0n) is 14.3. The highest BCUT2D eigenvalue weighted by molar-refractivity contribution is 7.99. The van der Waals surface area contributed by atoms with Crippen LogP contribution in [0.4, 0.5) is 5.69 Å². The van der Waals surface area contributed by atoms with E-state index in [9.17, 15) is 4.79 Å². The maximum Gasteiger partial charge on any atom is 0.234 e. The number of halogens is 2. The van der Waals surface area contributed by atoms with Gasteiger partial charge in [-0.1, -0.05) is 52.7 Å². The minimum Gasteiger partial charge on any atom is -0.486 e. The molecule has 0 aliphatic heterocycles. The molecular weight excluding hydrogens is 407 g/mol. The van der Waals surface area contributed by atoms with Gasteiger partial charge in [0.05, 0.1) is 5.75 Å². The molecule has 0 aliphatic rings. The Bertz CT molecular complexity index is 911. The number of aromatic amines is 1. The van der Waals surface area contributed by atoms with Crippen molar-refractivity contribution in [1.29, 1.82) is 0 Å². The summed E-state index contributed by atoms with van der Waals surface area (Å²) in [5.41, 5.74) is 1.71. The maximum atomic E-state index is 12.0. The lowest BCUT2D eigenvalue weighted by molar-refractivity contribution is -0.113. The third-order valence-corrected chi connectivity index (χ3v) is 4.67. The molecule has 0 aliphatic carbocycles. The standard InChI is InChI=1S/C18H16Cl2N4O2S/c1-11-2-4-15(5-3-11)26-9-16-22-18(24-23-16)27-10-17(25)21-14-7-12(19)6-13(20)8-14/h2-8H,9-10H2,1H3,(H,21,25)(H,22,23,24). The summed E-state index contributed by atoms with van der Waals surface area (Å²) in [6.07, 6.45) is 0. The number of carbonyl (C=O) groups is 1. The first-order valence-electron chi connectivity index (χ1n) is 7.97. The van der Waals surface area contributed by atoms with Crippen LogP contribution in [0.5, 0.6) is 5.75 Å². The normalized spacial score (nSPS) is 10.6. The first-order chi connectivity index (χ1) is 13.0. The van der Waals surface area contributed by atoms with Crippen molar-refractivity contribution < 1.29 is 9.53 Å². The number of rotatable bonds is 7. The Labute approximate surface area is 170 Å². The number of nitrogens with zero attached hydrogens (tertiary/aromatic N) is 2. The molecule has 0 saturated heterocycles. The van der Waals surface area contributed by atoms with Crippen LogP contribution in [0.25, 0.3) is 0 Å². The minimum absolute atomic E-state index is 0.153. The minimum atomic E-state index is -0.208. The summed E-state index contributed by atoms with van der Waals surface area (Å²) in [4.78, 5) is 16.3. The topological polar surface area (TPSA) is 79.9 Å². The number of carbonyl (C=O) groups excluding carboxylic acids is 1. The average molecular weight is 423 g/mol. The van der Waals surface area contributed by atoms with Gasteiger partial charge in [-0.05, 0) is 37.3 Å². The lowest BCUT2D eigenvalue weighted by atomic mass is 10.2. The smallest absolute Gasteiger partial charge is 0.234 e. The molecule has 3 rings (SSSR count). The monoisotopic (exact) mass is 422 g/mol. The second-order valence-electron chi connectivity index (χ2n) is 5.66. The largest absolute Gasteiger partial charge is 0.486 e. The Balaban J connectivity index is 1.47. The van der Waals surface area contributed by atoms with E-state index in [0.29, 0.717) is 26.7 Å². The quantitative estimate of drug-likeness (QED) is 0.537. The van der Waals surface area contributed by atoms with Crippen LogP contribution in [0.1, 0.15) is 11.4 Å². The van der Waals surface area contributed by atoms with Crippen LogP contribution in [0.2, 0.25) is 10.0 Å². The SMILES string of the molecule is Cc1ccc(OCc2nc(SCC(=O)Nc3cc(Cl)cc(Cl)c3)n[nH]2)cc1. The summed E-state index contributed by atoms with van der Waals surface area (Å²) < 4.78 is 5.64. The van der Waals surface area contributed by atoms with Crippen LogP contribution in [-0.4, -0.2) is 26.8 Å². The number of benzene rings is 2. The van der Waals surface area contributed by atoms with Crippen LogP contribution < -0.4 is 10.1 Å². The van der Waals surface area contributed by atoms with Gasteiger partial charge in [-0.2, -0.15) is 0 Å². The third kappa shape index (κ3) is 6.16. The molecule has 1 aromatic heterocycles. The van der Waals surface area contributed by atoms with Crippen molar-refractivity contribution in [1.82, 2.24) is 15.2 Å². The molecular formula is C18H16Cl2N4O2S. The number of nitrogens with one attached hydrogen (secondary N) is 2. The molecule has 0 spiro atoms. The van der Waals surface area contributed by atoms with E-state index in [0.717, 1.165) is 5.75 Å². The molecule has 0 unspecified atom stereocenters. The first kappa shape index (κ1) is 19.5. The van der Waals surface area contributed by atoms with Gasteiger partial charge >= 0.3 is 0 Å². The highest BCUT2D eigenvalue weighted by Gasteiger charge is 2.09. The Morgan fingerprint density at radius 1 is 1.19 bits per heavy atom. The van der Waals surface area contributed by atoms with Gasteiger partial charge < -0.3 is 10.1 Å². The second-order valence-corrected chi connectivity index (χ2v) is 7.48. The van der Waals surface area contributed by atoms with Gasteiger partial charge in [0, 0.05) is 15.7 Å². The molecule has 0 bridgehead atoms. The van der Waals surface area contributed by atoms with Gasteiger partial charge in [0.25, 0.3) is 0 Å². The summed E-state index contributed by atoms with van der Waals surface area (Å²) >= 11 is 13.0. The number of thioether (sulfide) groups is 1. The van der Waals surface area contributed by atoms with Crippen molar-refractivity contribution in [3.8, 4) is 5.75 Å². The molecule has 3 aromatic rings. The number of aromatic nitrogens is 3. The molecule has 2 N–H and O–H groups in total. The Morgan fingerprint density at radius 2 is 1.89 bits per heavy atom. The Hall–Kier alpha value is -2.22. The molecule has 2 aromatic carbocycles. The Kier molecular flexibility index (Phi) is 6.60. The van der Waals surface area contributed by atoms with E-state index in [1.807, 2.05) is 31.2 Å². The average Bonchev–Trinajstić information content (AvgIpc) is 3.06. The molecule has 6 nitrogen and oxygen atoms in total. The highest BCUT2D eigenvalue weighted by atomic mass is 35.5. The van der Waals surface area contributed by atoms with Crippen LogP contribution in [0.3, 0.4) is 0 Å². The van der Waals surface area contributed by atoms with E-state index in [1.54, 1.807) is 18.2 Å². The van der Waals surface area contributed by atoms with Crippen LogP contribution >= 0.6 is 35.0 Å². The summed E-state index contributed by atoms with van der Waals surface area (Å²) in [7, 11) is 0. The van der Waals surface area contributed by atoms with Crippen molar-refractivity contribution in [3.05, 3.63) is 63.9 Å². The fraction of sp³-hybridized carbons (Fsp3) is 0.167. The first-order valence-corrected chi connectivity index (χ1v) is 9.71. The van der Waals surface area contributed by atoms with Gasteiger partial charge in [0.2, 0.25) is 11.1 Å².